The number of oxime groups is 1. The predicted molar refractivity (Wildman–Crippen MR) is 95.2 cm³/mol. The third-order valence-corrected chi connectivity index (χ3v) is 4.01. The van der Waals surface area contributed by atoms with Gasteiger partial charge in [-0.05, 0) is 44.0 Å². The summed E-state index contributed by atoms with van der Waals surface area (Å²) in [5.74, 6) is 1.45. The summed E-state index contributed by atoms with van der Waals surface area (Å²) in [6.45, 7) is 6.15. The second-order valence-electron chi connectivity index (χ2n) is 5.79. The summed E-state index contributed by atoms with van der Waals surface area (Å²) in [6, 6.07) is 11.7. The Morgan fingerprint density at radius 3 is 2.64 bits per heavy atom. The molecule has 0 amide bonds. The fourth-order valence-corrected chi connectivity index (χ4v) is 2.56. The topological polar surface area (TPSA) is 72.5 Å². The first-order chi connectivity index (χ1) is 12.1. The molecule has 3 rings (SSSR count). The van der Waals surface area contributed by atoms with Gasteiger partial charge in [-0.3, -0.25) is 4.57 Å². The fraction of sp³-hybridized carbons (Fsp3) is 0.211. The highest BCUT2D eigenvalue weighted by molar-refractivity contribution is 6.02. The normalized spacial score (nSPS) is 11.6. The number of aromatic nitrogens is 3. The zero-order valence-corrected chi connectivity index (χ0v) is 14.5. The van der Waals surface area contributed by atoms with Crippen molar-refractivity contribution in [3.8, 4) is 5.88 Å². The Bertz CT molecular complexity index is 915. The van der Waals surface area contributed by atoms with E-state index in [4.69, 9.17) is 4.74 Å². The van der Waals surface area contributed by atoms with Crippen molar-refractivity contribution in [2.24, 2.45) is 5.16 Å². The van der Waals surface area contributed by atoms with Gasteiger partial charge in [0, 0.05) is 18.1 Å². The van der Waals surface area contributed by atoms with Crippen LogP contribution in [-0.4, -0.2) is 25.6 Å². The number of ether oxygens (including phenoxy) is 1. The molecule has 6 heteroatoms. The predicted octanol–water partition coefficient (Wildman–Crippen LogP) is 3.47. The minimum Gasteiger partial charge on any atom is -0.472 e. The molecule has 0 unspecified atom stereocenters. The standard InChI is InChI=1S/C19H20N4O2/c1-13-6-4-5-7-16(13)12-25-19-17(9-8-14(2)21-19)18(22-24)23-11-10-20-15(23)3/h4-11,24H,12H2,1-3H3/b22-18-. The summed E-state index contributed by atoms with van der Waals surface area (Å²) in [5.41, 5.74) is 3.65. The number of imidazole rings is 1. The number of hydrogen-bond acceptors (Lipinski definition) is 5. The van der Waals surface area contributed by atoms with Crippen LogP contribution in [0.15, 0.2) is 53.9 Å². The number of pyridine rings is 1. The van der Waals surface area contributed by atoms with E-state index in [-0.39, 0.29) is 0 Å². The highest BCUT2D eigenvalue weighted by Crippen LogP contribution is 2.21. The van der Waals surface area contributed by atoms with Crippen LogP contribution in [0.2, 0.25) is 0 Å². The summed E-state index contributed by atoms with van der Waals surface area (Å²) >= 11 is 0. The second kappa shape index (κ2) is 7.17. The zero-order valence-electron chi connectivity index (χ0n) is 14.5. The fourth-order valence-electron chi connectivity index (χ4n) is 2.56. The van der Waals surface area contributed by atoms with Crippen molar-refractivity contribution in [2.45, 2.75) is 27.4 Å². The van der Waals surface area contributed by atoms with Gasteiger partial charge in [-0.25, -0.2) is 9.97 Å². The Labute approximate surface area is 146 Å². The molecule has 1 aromatic carbocycles. The Balaban J connectivity index is 1.96. The Kier molecular flexibility index (Phi) is 4.79. The van der Waals surface area contributed by atoms with E-state index < -0.39 is 0 Å². The molecule has 0 saturated carbocycles. The van der Waals surface area contributed by atoms with E-state index in [9.17, 15) is 5.21 Å². The van der Waals surface area contributed by atoms with E-state index in [0.717, 1.165) is 16.8 Å². The molecule has 0 fully saturated rings. The van der Waals surface area contributed by atoms with Gasteiger partial charge in [0.25, 0.3) is 0 Å². The van der Waals surface area contributed by atoms with Crippen LogP contribution in [0, 0.1) is 20.8 Å². The minimum absolute atomic E-state index is 0.322. The van der Waals surface area contributed by atoms with Crippen molar-refractivity contribution < 1.29 is 9.94 Å². The van der Waals surface area contributed by atoms with Crippen LogP contribution in [-0.2, 0) is 6.61 Å². The number of nitrogens with zero attached hydrogens (tertiary/aromatic N) is 4. The first-order valence-electron chi connectivity index (χ1n) is 7.98. The van der Waals surface area contributed by atoms with E-state index in [0.29, 0.717) is 29.7 Å². The molecule has 2 heterocycles. The SMILES string of the molecule is Cc1ccc(/C(=N/O)n2ccnc2C)c(OCc2ccccc2C)n1. The van der Waals surface area contributed by atoms with Crippen molar-refractivity contribution in [1.29, 1.82) is 0 Å². The maximum Gasteiger partial charge on any atom is 0.225 e. The van der Waals surface area contributed by atoms with E-state index in [1.165, 1.54) is 0 Å². The third kappa shape index (κ3) is 3.52. The zero-order chi connectivity index (χ0) is 17.8. The van der Waals surface area contributed by atoms with Crippen molar-refractivity contribution >= 4 is 5.84 Å². The smallest absolute Gasteiger partial charge is 0.225 e. The lowest BCUT2D eigenvalue weighted by Gasteiger charge is -2.14. The van der Waals surface area contributed by atoms with Crippen LogP contribution in [0.3, 0.4) is 0 Å². The van der Waals surface area contributed by atoms with Gasteiger partial charge in [0.1, 0.15) is 12.4 Å². The molecular formula is C19H20N4O2. The Morgan fingerprint density at radius 1 is 1.16 bits per heavy atom. The van der Waals surface area contributed by atoms with Gasteiger partial charge in [-0.2, -0.15) is 0 Å². The Morgan fingerprint density at radius 2 is 1.96 bits per heavy atom. The number of benzene rings is 1. The van der Waals surface area contributed by atoms with E-state index in [1.54, 1.807) is 17.0 Å². The summed E-state index contributed by atoms with van der Waals surface area (Å²) in [7, 11) is 0. The van der Waals surface area contributed by atoms with Gasteiger partial charge < -0.3 is 9.94 Å². The van der Waals surface area contributed by atoms with Crippen molar-refractivity contribution in [3.05, 3.63) is 77.0 Å². The molecule has 0 radical (unpaired) electrons. The molecule has 2 aromatic heterocycles. The van der Waals surface area contributed by atoms with Gasteiger partial charge in [0.05, 0.1) is 5.56 Å². The maximum atomic E-state index is 9.55. The average molecular weight is 336 g/mol. The first kappa shape index (κ1) is 16.7. The lowest BCUT2D eigenvalue weighted by atomic mass is 10.1. The summed E-state index contributed by atoms with van der Waals surface area (Å²) in [4.78, 5) is 8.65. The van der Waals surface area contributed by atoms with Crippen LogP contribution in [0.4, 0.5) is 0 Å². The highest BCUT2D eigenvalue weighted by Gasteiger charge is 2.17. The maximum absolute atomic E-state index is 9.55. The van der Waals surface area contributed by atoms with Crippen LogP contribution in [0.25, 0.3) is 0 Å². The van der Waals surface area contributed by atoms with E-state index in [1.807, 2.05) is 57.2 Å². The second-order valence-corrected chi connectivity index (χ2v) is 5.79. The van der Waals surface area contributed by atoms with Crippen LogP contribution in [0.1, 0.15) is 28.2 Å². The summed E-state index contributed by atoms with van der Waals surface area (Å²) < 4.78 is 7.66. The van der Waals surface area contributed by atoms with Crippen molar-refractivity contribution in [1.82, 2.24) is 14.5 Å². The van der Waals surface area contributed by atoms with Gasteiger partial charge >= 0.3 is 0 Å². The molecule has 3 aromatic rings. The summed E-state index contributed by atoms with van der Waals surface area (Å²) in [5, 5.41) is 13.0. The largest absolute Gasteiger partial charge is 0.472 e. The molecule has 6 nitrogen and oxygen atoms in total. The van der Waals surface area contributed by atoms with Crippen molar-refractivity contribution in [2.75, 3.05) is 0 Å². The highest BCUT2D eigenvalue weighted by atomic mass is 16.5. The Hall–Kier alpha value is -3.15. The molecule has 128 valence electrons. The molecule has 25 heavy (non-hydrogen) atoms. The quantitative estimate of drug-likeness (QED) is 0.343. The van der Waals surface area contributed by atoms with Gasteiger partial charge in [-0.1, -0.05) is 29.4 Å². The molecule has 0 aliphatic heterocycles. The lowest BCUT2D eigenvalue weighted by molar-refractivity contribution is 0.290. The first-order valence-corrected chi connectivity index (χ1v) is 7.98. The van der Waals surface area contributed by atoms with E-state index in [2.05, 4.69) is 15.1 Å². The molecule has 0 bridgehead atoms. The number of hydrogen-bond donors (Lipinski definition) is 1. The molecule has 0 aliphatic carbocycles. The van der Waals surface area contributed by atoms with Gasteiger partial charge in [0.15, 0.2) is 5.84 Å². The number of rotatable bonds is 4. The van der Waals surface area contributed by atoms with Gasteiger partial charge in [-0.15, -0.1) is 0 Å². The van der Waals surface area contributed by atoms with Gasteiger partial charge in [0.2, 0.25) is 5.88 Å². The molecule has 0 atom stereocenters. The molecule has 0 aliphatic rings. The van der Waals surface area contributed by atoms with Crippen LogP contribution >= 0.6 is 0 Å². The number of aryl methyl sites for hydroxylation is 3. The third-order valence-electron chi connectivity index (χ3n) is 4.01. The molecule has 0 saturated heterocycles. The molecular weight excluding hydrogens is 316 g/mol. The average Bonchev–Trinajstić information content (AvgIpc) is 3.02. The minimum atomic E-state index is 0.322. The summed E-state index contributed by atoms with van der Waals surface area (Å²) in [6.07, 6.45) is 3.38. The molecule has 1 N–H and O–H groups in total. The lowest BCUT2D eigenvalue weighted by Crippen LogP contribution is -2.17. The monoisotopic (exact) mass is 336 g/mol. The van der Waals surface area contributed by atoms with Crippen LogP contribution < -0.4 is 4.74 Å². The molecule has 0 spiro atoms. The van der Waals surface area contributed by atoms with E-state index >= 15 is 0 Å². The van der Waals surface area contributed by atoms with Crippen molar-refractivity contribution in [3.63, 3.8) is 0 Å². The van der Waals surface area contributed by atoms with Crippen LogP contribution in [0.5, 0.6) is 5.88 Å².